The number of piperazine rings is 1. The van der Waals surface area contributed by atoms with Crippen LogP contribution in [0.1, 0.15) is 59.9 Å². The number of rotatable bonds is 2. The second kappa shape index (κ2) is 8.10. The lowest BCUT2D eigenvalue weighted by Crippen LogP contribution is -2.69. The number of halogens is 2. The van der Waals surface area contributed by atoms with E-state index in [-0.39, 0.29) is 22.3 Å². The van der Waals surface area contributed by atoms with Gasteiger partial charge in [0.25, 0.3) is 5.91 Å². The van der Waals surface area contributed by atoms with Gasteiger partial charge in [0.15, 0.2) is 6.20 Å². The molecular formula is C27H28ClFN7O2+. The molecule has 1 unspecified atom stereocenters. The standard InChI is InChI=1S/C27H27ClFN7O2/c1-15-10-21(31-30-15)24(37)33-8-9-34-25(38)22-13-35-23(36(22)27(34,5)14-33)17(26(2,3)4)12-20(32-35)16-6-7-19(29)18(28)11-16/h6-7,10-13H,8-9,14H2,1-5H3/p+1. The van der Waals surface area contributed by atoms with Crippen LogP contribution >= 0.6 is 11.6 Å². The Balaban J connectivity index is 1.51. The van der Waals surface area contributed by atoms with Gasteiger partial charge in [-0.05, 0) is 42.7 Å². The van der Waals surface area contributed by atoms with Crippen molar-refractivity contribution in [2.45, 2.75) is 45.7 Å². The molecule has 2 aliphatic rings. The summed E-state index contributed by atoms with van der Waals surface area (Å²) in [5.74, 6) is -0.778. The van der Waals surface area contributed by atoms with Crippen LogP contribution in [0.3, 0.4) is 0 Å². The zero-order chi connectivity index (χ0) is 27.1. The van der Waals surface area contributed by atoms with Crippen LogP contribution in [0.5, 0.6) is 0 Å². The molecule has 2 amide bonds. The van der Waals surface area contributed by atoms with E-state index in [9.17, 15) is 14.0 Å². The second-order valence-corrected chi connectivity index (χ2v) is 11.7. The van der Waals surface area contributed by atoms with Gasteiger partial charge in [-0.15, -0.1) is 0 Å². The molecule has 0 radical (unpaired) electrons. The molecular weight excluding hydrogens is 509 g/mol. The van der Waals surface area contributed by atoms with Crippen molar-refractivity contribution in [1.29, 1.82) is 0 Å². The molecule has 1 saturated heterocycles. The number of carbonyl (C=O) groups is 2. The molecule has 6 rings (SSSR count). The molecule has 1 N–H and O–H groups in total. The maximum absolute atomic E-state index is 13.9. The van der Waals surface area contributed by atoms with E-state index in [4.69, 9.17) is 16.7 Å². The minimum atomic E-state index is -0.817. The summed E-state index contributed by atoms with van der Waals surface area (Å²) < 4.78 is 17.6. The summed E-state index contributed by atoms with van der Waals surface area (Å²) in [6.45, 7) is 11.2. The van der Waals surface area contributed by atoms with Crippen LogP contribution in [0, 0.1) is 12.7 Å². The summed E-state index contributed by atoms with van der Waals surface area (Å²) in [7, 11) is 0. The van der Waals surface area contributed by atoms with Crippen LogP contribution in [-0.4, -0.2) is 61.1 Å². The van der Waals surface area contributed by atoms with Crippen LogP contribution in [-0.2, 0) is 11.1 Å². The number of fused-ring (bicyclic) bond motifs is 5. The molecule has 2 aliphatic heterocycles. The number of aryl methyl sites for hydroxylation is 1. The van der Waals surface area contributed by atoms with E-state index >= 15 is 0 Å². The number of benzene rings is 1. The molecule has 0 saturated carbocycles. The van der Waals surface area contributed by atoms with Crippen LogP contribution in [0.15, 0.2) is 36.5 Å². The number of aromatic amines is 1. The lowest BCUT2D eigenvalue weighted by molar-refractivity contribution is -0.749. The molecule has 0 bridgehead atoms. The molecule has 1 fully saturated rings. The van der Waals surface area contributed by atoms with Crippen LogP contribution in [0.4, 0.5) is 4.39 Å². The summed E-state index contributed by atoms with van der Waals surface area (Å²) >= 11 is 6.07. The number of carbonyl (C=O) groups excluding carboxylic acids is 2. The highest BCUT2D eigenvalue weighted by Gasteiger charge is 2.57. The van der Waals surface area contributed by atoms with Crippen LogP contribution in [0.2, 0.25) is 5.02 Å². The summed E-state index contributed by atoms with van der Waals surface area (Å²) in [5.41, 5.74) is 3.54. The fourth-order valence-electron chi connectivity index (χ4n) is 5.60. The first-order valence-corrected chi connectivity index (χ1v) is 12.8. The van der Waals surface area contributed by atoms with Gasteiger partial charge in [-0.2, -0.15) is 9.67 Å². The third kappa shape index (κ3) is 3.53. The molecule has 0 aliphatic carbocycles. The summed E-state index contributed by atoms with van der Waals surface area (Å²) in [6.07, 6.45) is 1.74. The fraction of sp³-hybridized carbons (Fsp3) is 0.370. The first kappa shape index (κ1) is 24.5. The number of imidazole rings is 1. The zero-order valence-corrected chi connectivity index (χ0v) is 22.6. The van der Waals surface area contributed by atoms with E-state index in [1.54, 1.807) is 33.8 Å². The molecule has 9 nitrogen and oxygen atoms in total. The second-order valence-electron chi connectivity index (χ2n) is 11.3. The Bertz CT molecular complexity index is 1650. The van der Waals surface area contributed by atoms with Gasteiger partial charge >= 0.3 is 11.6 Å². The topological polar surface area (TPSA) is 90.5 Å². The molecule has 1 atom stereocenters. The van der Waals surface area contributed by atoms with E-state index in [1.807, 2.05) is 29.4 Å². The van der Waals surface area contributed by atoms with E-state index in [1.165, 1.54) is 6.07 Å². The molecule has 3 aromatic heterocycles. The van der Waals surface area contributed by atoms with Gasteiger partial charge in [-0.3, -0.25) is 19.6 Å². The van der Waals surface area contributed by atoms with Crippen molar-refractivity contribution in [3.8, 4) is 11.3 Å². The predicted octanol–water partition coefficient (Wildman–Crippen LogP) is 3.69. The normalized spacial score (nSPS) is 19.3. The third-order valence-electron chi connectivity index (χ3n) is 7.50. The van der Waals surface area contributed by atoms with E-state index in [0.29, 0.717) is 42.3 Å². The van der Waals surface area contributed by atoms with Gasteiger partial charge in [0.1, 0.15) is 17.2 Å². The average molecular weight is 537 g/mol. The Morgan fingerprint density at radius 1 is 1.21 bits per heavy atom. The molecule has 11 heteroatoms. The van der Waals surface area contributed by atoms with Crippen molar-refractivity contribution < 1.29 is 18.5 Å². The Hall–Kier alpha value is -3.79. The fourth-order valence-corrected chi connectivity index (χ4v) is 5.79. The molecule has 5 heterocycles. The molecule has 196 valence electrons. The molecule has 4 aromatic rings. The maximum atomic E-state index is 13.9. The third-order valence-corrected chi connectivity index (χ3v) is 7.79. The number of nitrogens with one attached hydrogen (secondary N) is 1. The smallest absolute Gasteiger partial charge is 0.313 e. The predicted molar refractivity (Wildman–Crippen MR) is 138 cm³/mol. The zero-order valence-electron chi connectivity index (χ0n) is 21.8. The van der Waals surface area contributed by atoms with Crippen molar-refractivity contribution >= 4 is 29.1 Å². The van der Waals surface area contributed by atoms with Gasteiger partial charge in [0.2, 0.25) is 11.4 Å². The average Bonchev–Trinajstić information content (AvgIpc) is 3.52. The van der Waals surface area contributed by atoms with E-state index in [0.717, 1.165) is 16.9 Å². The van der Waals surface area contributed by atoms with Crippen molar-refractivity contribution in [2.75, 3.05) is 19.6 Å². The SMILES string of the molecule is Cc1cc(C(=O)N2CCN3C(=O)c4cn5nc(-c6ccc(F)c(Cl)c6)cc(C(C)(C)C)c5[n+]4C3(C)C2)n[nH]1. The highest BCUT2D eigenvalue weighted by atomic mass is 35.5. The summed E-state index contributed by atoms with van der Waals surface area (Å²) in [5, 5.41) is 11.8. The summed E-state index contributed by atoms with van der Waals surface area (Å²) in [4.78, 5) is 30.5. The van der Waals surface area contributed by atoms with Crippen molar-refractivity contribution in [2.24, 2.45) is 0 Å². The van der Waals surface area contributed by atoms with Gasteiger partial charge in [0, 0.05) is 31.3 Å². The highest BCUT2D eigenvalue weighted by molar-refractivity contribution is 6.31. The number of H-pyrrole nitrogens is 1. The van der Waals surface area contributed by atoms with Gasteiger partial charge < -0.3 is 4.90 Å². The number of amides is 2. The maximum Gasteiger partial charge on any atom is 0.313 e. The minimum absolute atomic E-state index is 0.0171. The Morgan fingerprint density at radius 3 is 2.63 bits per heavy atom. The quantitative estimate of drug-likeness (QED) is 0.396. The van der Waals surface area contributed by atoms with Crippen molar-refractivity contribution in [1.82, 2.24) is 29.6 Å². The monoisotopic (exact) mass is 536 g/mol. The first-order chi connectivity index (χ1) is 17.9. The van der Waals surface area contributed by atoms with E-state index in [2.05, 4.69) is 31.0 Å². The van der Waals surface area contributed by atoms with Gasteiger partial charge in [-0.25, -0.2) is 4.39 Å². The number of hydrogen-bond acceptors (Lipinski definition) is 4. The van der Waals surface area contributed by atoms with Gasteiger partial charge in [0.05, 0.1) is 17.1 Å². The molecule has 0 spiro atoms. The highest BCUT2D eigenvalue weighted by Crippen LogP contribution is 2.36. The number of nitrogens with zero attached hydrogens (tertiary/aromatic N) is 6. The van der Waals surface area contributed by atoms with Gasteiger partial charge in [-0.1, -0.05) is 42.0 Å². The number of aromatic nitrogens is 5. The van der Waals surface area contributed by atoms with Crippen LogP contribution in [0.25, 0.3) is 16.9 Å². The Morgan fingerprint density at radius 2 is 1.97 bits per heavy atom. The summed E-state index contributed by atoms with van der Waals surface area (Å²) in [6, 6.07) is 8.22. The van der Waals surface area contributed by atoms with Crippen LogP contribution < -0.4 is 4.57 Å². The van der Waals surface area contributed by atoms with Crippen molar-refractivity contribution in [3.63, 3.8) is 0 Å². The molecule has 38 heavy (non-hydrogen) atoms. The van der Waals surface area contributed by atoms with Crippen molar-refractivity contribution in [3.05, 3.63) is 70.0 Å². The largest absolute Gasteiger partial charge is 0.329 e. The Labute approximate surface area is 223 Å². The number of hydrogen-bond donors (Lipinski definition) is 1. The van der Waals surface area contributed by atoms with E-state index < -0.39 is 11.5 Å². The minimum Gasteiger partial charge on any atom is -0.329 e. The lowest BCUT2D eigenvalue weighted by Gasteiger charge is -2.42. The molecule has 1 aromatic carbocycles. The lowest BCUT2D eigenvalue weighted by atomic mass is 9.87. The Kier molecular flexibility index (Phi) is 5.23. The first-order valence-electron chi connectivity index (χ1n) is 12.5.